The van der Waals surface area contributed by atoms with E-state index in [-0.39, 0.29) is 11.8 Å². The van der Waals surface area contributed by atoms with Crippen molar-refractivity contribution >= 4 is 11.7 Å². The molecule has 1 fully saturated rings. The Bertz CT molecular complexity index is 727. The smallest absolute Gasteiger partial charge is 0.304 e. The minimum absolute atomic E-state index is 0.204. The monoisotopic (exact) mass is 380 g/mol. The third kappa shape index (κ3) is 5.14. The number of piperazine rings is 1. The zero-order valence-corrected chi connectivity index (χ0v) is 16.9. The van der Waals surface area contributed by atoms with Gasteiger partial charge in [0, 0.05) is 37.3 Å². The van der Waals surface area contributed by atoms with Crippen LogP contribution in [0.15, 0.2) is 60.7 Å². The van der Waals surface area contributed by atoms with Gasteiger partial charge in [-0.25, -0.2) is 0 Å². The molecule has 1 saturated heterocycles. The lowest BCUT2D eigenvalue weighted by molar-refractivity contribution is -0.138. The van der Waals surface area contributed by atoms with E-state index in [1.165, 1.54) is 5.69 Å². The summed E-state index contributed by atoms with van der Waals surface area (Å²) in [4.78, 5) is 16.5. The van der Waals surface area contributed by atoms with Crippen molar-refractivity contribution in [1.29, 1.82) is 0 Å². The Kier molecular flexibility index (Phi) is 7.10. The second-order valence-electron chi connectivity index (χ2n) is 7.84. The van der Waals surface area contributed by atoms with Crippen molar-refractivity contribution in [3.63, 3.8) is 0 Å². The number of carbonyl (C=O) groups is 1. The summed E-state index contributed by atoms with van der Waals surface area (Å²) in [6.07, 6.45) is 3.00. The van der Waals surface area contributed by atoms with Gasteiger partial charge in [-0.2, -0.15) is 0 Å². The van der Waals surface area contributed by atoms with Gasteiger partial charge in [0.1, 0.15) is 0 Å². The lowest BCUT2D eigenvalue weighted by Gasteiger charge is -2.37. The van der Waals surface area contributed by atoms with Crippen LogP contribution in [0.1, 0.15) is 38.2 Å². The first-order valence-corrected chi connectivity index (χ1v) is 10.4. The van der Waals surface area contributed by atoms with Gasteiger partial charge in [-0.15, -0.1) is 0 Å². The van der Waals surface area contributed by atoms with Gasteiger partial charge in [0.15, 0.2) is 0 Å². The van der Waals surface area contributed by atoms with Gasteiger partial charge in [-0.1, -0.05) is 55.5 Å². The Hall–Kier alpha value is -2.33. The van der Waals surface area contributed by atoms with E-state index < -0.39 is 5.97 Å². The van der Waals surface area contributed by atoms with Gasteiger partial charge in [0.25, 0.3) is 0 Å². The Morgan fingerprint density at radius 2 is 1.57 bits per heavy atom. The molecule has 1 aliphatic rings. The highest BCUT2D eigenvalue weighted by Gasteiger charge is 2.32. The van der Waals surface area contributed by atoms with Crippen LogP contribution in [0.3, 0.4) is 0 Å². The zero-order chi connectivity index (χ0) is 19.8. The third-order valence-corrected chi connectivity index (χ3v) is 6.18. The Morgan fingerprint density at radius 3 is 2.14 bits per heavy atom. The quantitative estimate of drug-likeness (QED) is 0.700. The summed E-state index contributed by atoms with van der Waals surface area (Å²) >= 11 is 0. The van der Waals surface area contributed by atoms with Crippen molar-refractivity contribution in [3.05, 3.63) is 66.2 Å². The summed E-state index contributed by atoms with van der Waals surface area (Å²) < 4.78 is 0. The molecule has 150 valence electrons. The molecule has 0 radical (unpaired) electrons. The van der Waals surface area contributed by atoms with Gasteiger partial charge in [-0.3, -0.25) is 9.69 Å². The normalized spacial score (nSPS) is 17.2. The molecule has 28 heavy (non-hydrogen) atoms. The number of hydrogen-bond acceptors (Lipinski definition) is 3. The highest BCUT2D eigenvalue weighted by atomic mass is 16.4. The first kappa shape index (κ1) is 20.4. The largest absolute Gasteiger partial charge is 0.481 e. The van der Waals surface area contributed by atoms with Crippen LogP contribution in [-0.2, 0) is 10.2 Å². The highest BCUT2D eigenvalue weighted by molar-refractivity contribution is 5.69. The van der Waals surface area contributed by atoms with Gasteiger partial charge >= 0.3 is 5.97 Å². The van der Waals surface area contributed by atoms with E-state index in [0.717, 1.165) is 57.5 Å². The van der Waals surface area contributed by atoms with Crippen molar-refractivity contribution < 1.29 is 9.90 Å². The molecule has 0 saturated carbocycles. The molecular weight excluding hydrogens is 348 g/mol. The van der Waals surface area contributed by atoms with Gasteiger partial charge < -0.3 is 10.0 Å². The minimum Gasteiger partial charge on any atom is -0.481 e. The number of aliphatic carboxylic acids is 1. The molecule has 1 aliphatic heterocycles. The van der Waals surface area contributed by atoms with E-state index in [1.54, 1.807) is 0 Å². The molecule has 0 amide bonds. The SMILES string of the molecule is CCC(CCCN1CCN(c2ccccc2)CC1)(CC(=O)O)c1ccccc1. The maximum absolute atomic E-state index is 11.6. The molecule has 4 heteroatoms. The molecule has 0 bridgehead atoms. The number of carboxylic acids is 1. The van der Waals surface area contributed by atoms with Crippen LogP contribution in [0, 0.1) is 0 Å². The molecule has 0 aromatic heterocycles. The molecule has 1 atom stereocenters. The molecule has 4 nitrogen and oxygen atoms in total. The van der Waals surface area contributed by atoms with Gasteiger partial charge in [0.05, 0.1) is 6.42 Å². The summed E-state index contributed by atoms with van der Waals surface area (Å²) in [7, 11) is 0. The summed E-state index contributed by atoms with van der Waals surface area (Å²) in [5.41, 5.74) is 2.20. The Balaban J connectivity index is 1.54. The first-order valence-electron chi connectivity index (χ1n) is 10.4. The number of para-hydroxylation sites is 1. The lowest BCUT2D eigenvalue weighted by atomic mass is 9.72. The van der Waals surface area contributed by atoms with Crippen molar-refractivity contribution in [1.82, 2.24) is 4.90 Å². The molecule has 2 aromatic rings. The summed E-state index contributed by atoms with van der Waals surface area (Å²) in [5, 5.41) is 9.51. The number of benzene rings is 2. The number of anilines is 1. The molecule has 2 aromatic carbocycles. The topological polar surface area (TPSA) is 43.8 Å². The van der Waals surface area contributed by atoms with Crippen LogP contribution in [0.2, 0.25) is 0 Å². The maximum atomic E-state index is 11.6. The fourth-order valence-corrected chi connectivity index (χ4v) is 4.43. The van der Waals surface area contributed by atoms with E-state index in [0.29, 0.717) is 0 Å². The Labute approximate surface area is 168 Å². The first-order chi connectivity index (χ1) is 13.6. The summed E-state index contributed by atoms with van der Waals surface area (Å²) in [6, 6.07) is 20.8. The molecule has 1 heterocycles. The average Bonchev–Trinajstić information content (AvgIpc) is 2.74. The summed E-state index contributed by atoms with van der Waals surface area (Å²) in [6.45, 7) is 7.40. The molecule has 1 N–H and O–H groups in total. The van der Waals surface area contributed by atoms with Crippen LogP contribution in [0.4, 0.5) is 5.69 Å². The number of rotatable bonds is 9. The lowest BCUT2D eigenvalue weighted by Crippen LogP contribution is -2.46. The zero-order valence-electron chi connectivity index (χ0n) is 16.9. The van der Waals surface area contributed by atoms with Gasteiger partial charge in [-0.05, 0) is 43.5 Å². The van der Waals surface area contributed by atoms with Crippen LogP contribution >= 0.6 is 0 Å². The van der Waals surface area contributed by atoms with Crippen molar-refractivity contribution in [2.24, 2.45) is 0 Å². The van der Waals surface area contributed by atoms with E-state index in [1.807, 2.05) is 18.2 Å². The van der Waals surface area contributed by atoms with Crippen LogP contribution < -0.4 is 4.90 Å². The maximum Gasteiger partial charge on any atom is 0.304 e. The van der Waals surface area contributed by atoms with E-state index in [4.69, 9.17) is 0 Å². The van der Waals surface area contributed by atoms with Crippen molar-refractivity contribution in [3.8, 4) is 0 Å². The third-order valence-electron chi connectivity index (χ3n) is 6.18. The molecule has 1 unspecified atom stereocenters. The fourth-order valence-electron chi connectivity index (χ4n) is 4.43. The van der Waals surface area contributed by atoms with Gasteiger partial charge in [0.2, 0.25) is 0 Å². The van der Waals surface area contributed by atoms with E-state index in [2.05, 4.69) is 59.2 Å². The van der Waals surface area contributed by atoms with E-state index in [9.17, 15) is 9.90 Å². The van der Waals surface area contributed by atoms with Crippen LogP contribution in [-0.4, -0.2) is 48.7 Å². The number of nitrogens with zero attached hydrogens (tertiary/aromatic N) is 2. The van der Waals surface area contributed by atoms with Crippen molar-refractivity contribution in [2.45, 2.75) is 38.0 Å². The second-order valence-corrected chi connectivity index (χ2v) is 7.84. The molecular formula is C24H32N2O2. The second kappa shape index (κ2) is 9.74. The summed E-state index contributed by atoms with van der Waals surface area (Å²) in [5.74, 6) is -0.706. The number of carboxylic acid groups (broad SMARTS) is 1. The minimum atomic E-state index is -0.706. The fraction of sp³-hybridized carbons (Fsp3) is 0.458. The predicted octanol–water partition coefficient (Wildman–Crippen LogP) is 4.41. The number of hydrogen-bond donors (Lipinski definition) is 1. The highest BCUT2D eigenvalue weighted by Crippen LogP contribution is 2.36. The predicted molar refractivity (Wildman–Crippen MR) is 115 cm³/mol. The van der Waals surface area contributed by atoms with Crippen molar-refractivity contribution in [2.75, 3.05) is 37.6 Å². The molecule has 0 spiro atoms. The van der Waals surface area contributed by atoms with E-state index >= 15 is 0 Å². The Morgan fingerprint density at radius 1 is 0.964 bits per heavy atom. The molecule has 0 aliphatic carbocycles. The van der Waals surface area contributed by atoms with Crippen LogP contribution in [0.5, 0.6) is 0 Å². The molecule has 3 rings (SSSR count). The average molecular weight is 381 g/mol. The standard InChI is InChI=1S/C24H32N2O2/c1-2-24(20-23(27)28,21-10-5-3-6-11-21)14-9-15-25-16-18-26(19-17-25)22-12-7-4-8-13-22/h3-8,10-13H,2,9,14-20H2,1H3,(H,27,28). The van der Waals surface area contributed by atoms with Crippen LogP contribution in [0.25, 0.3) is 0 Å².